The van der Waals surface area contributed by atoms with Gasteiger partial charge in [0.1, 0.15) is 0 Å². The molecule has 2 unspecified atom stereocenters. The number of benzene rings is 1. The number of unbranched alkanes of at least 4 members (excludes halogenated alkanes) is 1. The highest BCUT2D eigenvalue weighted by atomic mass is 16.7. The molecule has 0 aromatic heterocycles. The minimum atomic E-state index is 0.00598. The van der Waals surface area contributed by atoms with Crippen LogP contribution >= 0.6 is 0 Å². The third-order valence-electron chi connectivity index (χ3n) is 3.63. The fourth-order valence-corrected chi connectivity index (χ4v) is 2.39. The second-order valence-corrected chi connectivity index (χ2v) is 5.14. The Labute approximate surface area is 110 Å². The first-order chi connectivity index (χ1) is 8.79. The van der Waals surface area contributed by atoms with Crippen LogP contribution in [-0.4, -0.2) is 12.4 Å². The molecule has 0 radical (unpaired) electrons. The average molecular weight is 248 g/mol. The molecule has 2 atom stereocenters. The molecule has 1 aliphatic heterocycles. The number of rotatable bonds is 6. The lowest BCUT2D eigenvalue weighted by Gasteiger charge is -2.15. The smallest absolute Gasteiger partial charge is 0.158 e. The Bertz CT molecular complexity index is 362. The Morgan fingerprint density at radius 2 is 2.11 bits per heavy atom. The van der Waals surface area contributed by atoms with Gasteiger partial charge in [-0.2, -0.15) is 0 Å². The van der Waals surface area contributed by atoms with Crippen LogP contribution in [0.5, 0.6) is 0 Å². The lowest BCUT2D eigenvalue weighted by atomic mass is 10.1. The molecule has 1 saturated heterocycles. The summed E-state index contributed by atoms with van der Waals surface area (Å²) in [4.78, 5) is 0. The van der Waals surface area contributed by atoms with E-state index in [2.05, 4.69) is 38.1 Å². The topological polar surface area (TPSA) is 18.5 Å². The van der Waals surface area contributed by atoms with Gasteiger partial charge in [0.2, 0.25) is 0 Å². The Hall–Kier alpha value is -0.860. The summed E-state index contributed by atoms with van der Waals surface area (Å²) in [6.45, 7) is 5.01. The summed E-state index contributed by atoms with van der Waals surface area (Å²) < 4.78 is 11.8. The number of hydrogen-bond acceptors (Lipinski definition) is 2. The largest absolute Gasteiger partial charge is 0.349 e. The van der Waals surface area contributed by atoms with Crippen LogP contribution in [0.1, 0.15) is 50.2 Å². The predicted octanol–water partition coefficient (Wildman–Crippen LogP) is 4.21. The van der Waals surface area contributed by atoms with Crippen molar-refractivity contribution in [3.05, 3.63) is 35.4 Å². The van der Waals surface area contributed by atoms with Gasteiger partial charge in [0.05, 0.1) is 12.7 Å². The zero-order valence-corrected chi connectivity index (χ0v) is 11.5. The maximum atomic E-state index is 5.90. The lowest BCUT2D eigenvalue weighted by Crippen LogP contribution is -2.14. The van der Waals surface area contributed by atoms with Crippen LogP contribution < -0.4 is 0 Å². The molecule has 0 amide bonds. The fourth-order valence-electron chi connectivity index (χ4n) is 2.39. The molecular weight excluding hydrogens is 224 g/mol. The van der Waals surface area contributed by atoms with E-state index in [1.165, 1.54) is 30.4 Å². The summed E-state index contributed by atoms with van der Waals surface area (Å²) >= 11 is 0. The molecule has 100 valence electrons. The van der Waals surface area contributed by atoms with Crippen LogP contribution in [0.3, 0.4) is 0 Å². The molecule has 2 heteroatoms. The number of aryl methyl sites for hydroxylation is 1. The molecule has 18 heavy (non-hydrogen) atoms. The zero-order chi connectivity index (χ0) is 12.8. The standard InChI is InChI=1S/C16H24O2/c1-3-4-9-15-10-11-16(18-15)17-12-14-8-6-5-7-13(14)2/h5-8,15-16H,3-4,9-12H2,1-2H3. The van der Waals surface area contributed by atoms with Crippen molar-refractivity contribution in [3.63, 3.8) is 0 Å². The van der Waals surface area contributed by atoms with E-state index in [9.17, 15) is 0 Å². The van der Waals surface area contributed by atoms with Gasteiger partial charge in [0.25, 0.3) is 0 Å². The maximum absolute atomic E-state index is 5.90. The van der Waals surface area contributed by atoms with E-state index in [-0.39, 0.29) is 6.29 Å². The first kappa shape index (κ1) is 13.6. The van der Waals surface area contributed by atoms with Crippen LogP contribution in [0.2, 0.25) is 0 Å². The molecule has 1 aromatic carbocycles. The molecule has 2 rings (SSSR count). The molecule has 0 bridgehead atoms. The Morgan fingerprint density at radius 1 is 1.28 bits per heavy atom. The van der Waals surface area contributed by atoms with Gasteiger partial charge in [-0.05, 0) is 30.9 Å². The second kappa shape index (κ2) is 6.91. The van der Waals surface area contributed by atoms with Gasteiger partial charge in [0, 0.05) is 6.42 Å². The molecule has 0 saturated carbocycles. The first-order valence-electron chi connectivity index (χ1n) is 7.11. The monoisotopic (exact) mass is 248 g/mol. The molecule has 0 aliphatic carbocycles. The molecule has 1 aromatic rings. The molecule has 0 spiro atoms. The number of hydrogen-bond donors (Lipinski definition) is 0. The summed E-state index contributed by atoms with van der Waals surface area (Å²) in [5.41, 5.74) is 2.55. The summed E-state index contributed by atoms with van der Waals surface area (Å²) in [5.74, 6) is 0. The van der Waals surface area contributed by atoms with Gasteiger partial charge in [0.15, 0.2) is 6.29 Å². The quantitative estimate of drug-likeness (QED) is 0.751. The highest BCUT2D eigenvalue weighted by Crippen LogP contribution is 2.25. The van der Waals surface area contributed by atoms with E-state index in [0.717, 1.165) is 12.8 Å². The molecule has 1 fully saturated rings. The maximum Gasteiger partial charge on any atom is 0.158 e. The van der Waals surface area contributed by atoms with Crippen molar-refractivity contribution in [2.45, 2.75) is 65.0 Å². The van der Waals surface area contributed by atoms with E-state index < -0.39 is 0 Å². The van der Waals surface area contributed by atoms with Crippen LogP contribution in [0, 0.1) is 6.92 Å². The minimum absolute atomic E-state index is 0.00598. The second-order valence-electron chi connectivity index (χ2n) is 5.14. The predicted molar refractivity (Wildman–Crippen MR) is 73.4 cm³/mol. The van der Waals surface area contributed by atoms with Gasteiger partial charge in [-0.3, -0.25) is 0 Å². The third kappa shape index (κ3) is 3.82. The summed E-state index contributed by atoms with van der Waals surface area (Å²) in [6, 6.07) is 8.37. The van der Waals surface area contributed by atoms with Crippen LogP contribution in [0.15, 0.2) is 24.3 Å². The van der Waals surface area contributed by atoms with Crippen molar-refractivity contribution in [1.29, 1.82) is 0 Å². The van der Waals surface area contributed by atoms with Crippen LogP contribution in [0.4, 0.5) is 0 Å². The Kier molecular flexibility index (Phi) is 5.21. The van der Waals surface area contributed by atoms with E-state index in [1.54, 1.807) is 0 Å². The van der Waals surface area contributed by atoms with Crippen LogP contribution in [0.25, 0.3) is 0 Å². The summed E-state index contributed by atoms with van der Waals surface area (Å²) in [7, 11) is 0. The highest BCUT2D eigenvalue weighted by Gasteiger charge is 2.25. The lowest BCUT2D eigenvalue weighted by molar-refractivity contribution is -0.141. The average Bonchev–Trinajstić information content (AvgIpc) is 2.83. The van der Waals surface area contributed by atoms with Gasteiger partial charge < -0.3 is 9.47 Å². The fraction of sp³-hybridized carbons (Fsp3) is 0.625. The molecule has 1 heterocycles. The van der Waals surface area contributed by atoms with E-state index >= 15 is 0 Å². The van der Waals surface area contributed by atoms with Crippen molar-refractivity contribution >= 4 is 0 Å². The minimum Gasteiger partial charge on any atom is -0.349 e. The summed E-state index contributed by atoms with van der Waals surface area (Å²) in [5, 5.41) is 0. The Morgan fingerprint density at radius 3 is 2.89 bits per heavy atom. The molecular formula is C16H24O2. The van der Waals surface area contributed by atoms with Gasteiger partial charge >= 0.3 is 0 Å². The number of ether oxygens (including phenoxy) is 2. The SMILES string of the molecule is CCCCC1CCC(OCc2ccccc2C)O1. The van der Waals surface area contributed by atoms with Crippen LogP contribution in [-0.2, 0) is 16.1 Å². The summed E-state index contributed by atoms with van der Waals surface area (Å²) in [6.07, 6.45) is 6.31. The van der Waals surface area contributed by atoms with Crippen molar-refractivity contribution < 1.29 is 9.47 Å². The zero-order valence-electron chi connectivity index (χ0n) is 11.5. The van der Waals surface area contributed by atoms with Crippen molar-refractivity contribution in [1.82, 2.24) is 0 Å². The first-order valence-corrected chi connectivity index (χ1v) is 7.11. The van der Waals surface area contributed by atoms with Gasteiger partial charge in [-0.25, -0.2) is 0 Å². The molecule has 0 N–H and O–H groups in total. The van der Waals surface area contributed by atoms with Gasteiger partial charge in [-0.15, -0.1) is 0 Å². The van der Waals surface area contributed by atoms with E-state index in [4.69, 9.17) is 9.47 Å². The van der Waals surface area contributed by atoms with E-state index in [1.807, 2.05) is 0 Å². The van der Waals surface area contributed by atoms with Crippen molar-refractivity contribution in [3.8, 4) is 0 Å². The Balaban J connectivity index is 1.74. The third-order valence-corrected chi connectivity index (χ3v) is 3.63. The van der Waals surface area contributed by atoms with Crippen molar-refractivity contribution in [2.75, 3.05) is 0 Å². The molecule has 1 aliphatic rings. The van der Waals surface area contributed by atoms with Gasteiger partial charge in [-0.1, -0.05) is 44.0 Å². The normalized spacial score (nSPS) is 23.4. The van der Waals surface area contributed by atoms with E-state index in [0.29, 0.717) is 12.7 Å². The highest BCUT2D eigenvalue weighted by molar-refractivity contribution is 5.24. The van der Waals surface area contributed by atoms with Crippen molar-refractivity contribution in [2.24, 2.45) is 0 Å². The molecule has 2 nitrogen and oxygen atoms in total.